The minimum absolute atomic E-state index is 0.145. The third-order valence-corrected chi connectivity index (χ3v) is 3.43. The van der Waals surface area contributed by atoms with Crippen molar-refractivity contribution in [3.8, 4) is 0 Å². The molecule has 1 unspecified atom stereocenters. The van der Waals surface area contributed by atoms with Gasteiger partial charge in [0, 0.05) is 23.7 Å². The smallest absolute Gasteiger partial charge is 0.320 e. The summed E-state index contributed by atoms with van der Waals surface area (Å²) in [6.45, 7) is 0. The molecule has 0 saturated heterocycles. The normalized spacial score (nSPS) is 14.9. The molecule has 0 spiro atoms. The number of rotatable bonds is 3. The van der Waals surface area contributed by atoms with Crippen LogP contribution in [0, 0.1) is 0 Å². The molecule has 0 aliphatic heterocycles. The van der Waals surface area contributed by atoms with Gasteiger partial charge in [-0.05, 0) is 6.07 Å². The van der Waals surface area contributed by atoms with Crippen molar-refractivity contribution in [1.29, 1.82) is 0 Å². The molecular weight excluding hydrogens is 227 g/mol. The van der Waals surface area contributed by atoms with Gasteiger partial charge in [0.1, 0.15) is 5.52 Å². The van der Waals surface area contributed by atoms with E-state index in [4.69, 9.17) is 0 Å². The molecule has 2 aromatic rings. The number of benzene rings is 1. The van der Waals surface area contributed by atoms with Crippen molar-refractivity contribution in [3.05, 3.63) is 36.5 Å². The van der Waals surface area contributed by atoms with Crippen molar-refractivity contribution in [2.24, 2.45) is 0 Å². The molecule has 1 aromatic carbocycles. The van der Waals surface area contributed by atoms with Crippen LogP contribution in [0.15, 0.2) is 36.5 Å². The van der Waals surface area contributed by atoms with Gasteiger partial charge in [0.15, 0.2) is 6.20 Å². The van der Waals surface area contributed by atoms with E-state index in [2.05, 4.69) is 9.62 Å². The van der Waals surface area contributed by atoms with Gasteiger partial charge in [-0.2, -0.15) is 0 Å². The van der Waals surface area contributed by atoms with Crippen molar-refractivity contribution in [2.75, 3.05) is 7.11 Å². The van der Waals surface area contributed by atoms with Crippen molar-refractivity contribution in [3.63, 3.8) is 0 Å². The van der Waals surface area contributed by atoms with Gasteiger partial charge in [-0.3, -0.25) is 4.57 Å². The van der Waals surface area contributed by atoms with E-state index in [1.54, 1.807) is 6.20 Å². The quantitative estimate of drug-likeness (QED) is 0.648. The molecular formula is C10H12N2O3P+. The Balaban J connectivity index is 2.37. The van der Waals surface area contributed by atoms with Gasteiger partial charge in [-0.15, -0.1) is 0 Å². The predicted molar refractivity (Wildman–Crippen MR) is 58.8 cm³/mol. The molecule has 16 heavy (non-hydrogen) atoms. The Morgan fingerprint density at radius 1 is 1.44 bits per heavy atom. The van der Waals surface area contributed by atoms with Crippen LogP contribution in [-0.4, -0.2) is 17.1 Å². The summed E-state index contributed by atoms with van der Waals surface area (Å²) in [6, 6.07) is 9.41. The van der Waals surface area contributed by atoms with E-state index in [0.29, 0.717) is 0 Å². The van der Waals surface area contributed by atoms with E-state index in [0.717, 1.165) is 10.9 Å². The molecule has 0 bridgehead atoms. The van der Waals surface area contributed by atoms with Crippen molar-refractivity contribution in [2.45, 2.75) is 6.29 Å². The Hall–Kier alpha value is -1.29. The fraction of sp³-hybridized carbons (Fsp3) is 0.200. The standard InChI is InChI=1S/C10H11N2O3P/c1-15-16(13,14)8-12-7-6-9-4-2-3-5-10(9)11-12/h2-7H,8H2,1H3/p+1. The van der Waals surface area contributed by atoms with Crippen LogP contribution in [0.4, 0.5) is 0 Å². The highest BCUT2D eigenvalue weighted by molar-refractivity contribution is 7.51. The lowest BCUT2D eigenvalue weighted by molar-refractivity contribution is -0.736. The minimum atomic E-state index is -3.57. The van der Waals surface area contributed by atoms with Gasteiger partial charge in [0.05, 0.1) is 0 Å². The summed E-state index contributed by atoms with van der Waals surface area (Å²) in [5, 5.41) is 5.20. The molecule has 0 radical (unpaired) electrons. The summed E-state index contributed by atoms with van der Waals surface area (Å²) in [4.78, 5) is 9.32. The van der Waals surface area contributed by atoms with Gasteiger partial charge in [-0.25, -0.2) is 0 Å². The molecule has 6 heteroatoms. The topological polar surface area (TPSA) is 63.3 Å². The molecule has 2 rings (SSSR count). The number of hydrogen-bond acceptors (Lipinski definition) is 3. The fourth-order valence-electron chi connectivity index (χ4n) is 1.38. The first-order valence-corrected chi connectivity index (χ1v) is 6.50. The number of nitrogens with zero attached hydrogens (tertiary/aromatic N) is 2. The van der Waals surface area contributed by atoms with Crippen LogP contribution in [0.25, 0.3) is 10.9 Å². The molecule has 0 saturated carbocycles. The first-order valence-electron chi connectivity index (χ1n) is 4.74. The highest BCUT2D eigenvalue weighted by Crippen LogP contribution is 2.40. The van der Waals surface area contributed by atoms with Gasteiger partial charge >= 0.3 is 7.60 Å². The lowest BCUT2D eigenvalue weighted by Gasteiger charge is -2.03. The summed E-state index contributed by atoms with van der Waals surface area (Å²) in [5.74, 6) is 0. The summed E-state index contributed by atoms with van der Waals surface area (Å²) in [7, 11) is -2.36. The molecule has 1 aromatic heterocycles. The van der Waals surface area contributed by atoms with Gasteiger partial charge < -0.3 is 9.42 Å². The first kappa shape index (κ1) is 11.2. The maximum atomic E-state index is 11.4. The number of fused-ring (bicyclic) bond motifs is 1. The number of aromatic nitrogens is 2. The van der Waals surface area contributed by atoms with Gasteiger partial charge in [0.25, 0.3) is 6.29 Å². The number of hydrogen-bond donors (Lipinski definition) is 1. The highest BCUT2D eigenvalue weighted by atomic mass is 31.2. The SMILES string of the molecule is COP(=O)(O)C[n+]1ccc2ccccc2n1. The second-order valence-corrected chi connectivity index (χ2v) is 5.30. The van der Waals surface area contributed by atoms with Crippen LogP contribution in [0.2, 0.25) is 0 Å². The van der Waals surface area contributed by atoms with Crippen LogP contribution >= 0.6 is 7.60 Å². The van der Waals surface area contributed by atoms with Crippen LogP contribution < -0.4 is 4.68 Å². The lowest BCUT2D eigenvalue weighted by atomic mass is 10.2. The van der Waals surface area contributed by atoms with Crippen LogP contribution in [0.1, 0.15) is 0 Å². The summed E-state index contributed by atoms with van der Waals surface area (Å²) in [5.41, 5.74) is 0.779. The first-order chi connectivity index (χ1) is 7.61. The second-order valence-electron chi connectivity index (χ2n) is 3.38. The van der Waals surface area contributed by atoms with E-state index in [1.165, 1.54) is 11.8 Å². The third kappa shape index (κ3) is 2.44. The molecule has 5 nitrogen and oxygen atoms in total. The molecule has 84 valence electrons. The molecule has 1 N–H and O–H groups in total. The molecule has 0 aliphatic rings. The van der Waals surface area contributed by atoms with Crippen LogP contribution in [0.5, 0.6) is 0 Å². The lowest BCUT2D eigenvalue weighted by Crippen LogP contribution is -2.37. The summed E-state index contributed by atoms with van der Waals surface area (Å²) >= 11 is 0. The molecule has 1 heterocycles. The highest BCUT2D eigenvalue weighted by Gasteiger charge is 2.24. The molecule has 0 fully saturated rings. The second kappa shape index (κ2) is 4.29. The van der Waals surface area contributed by atoms with Crippen LogP contribution in [0.3, 0.4) is 0 Å². The average molecular weight is 239 g/mol. The van der Waals surface area contributed by atoms with Gasteiger partial charge in [-0.1, -0.05) is 22.9 Å². The zero-order valence-electron chi connectivity index (χ0n) is 8.78. The van der Waals surface area contributed by atoms with Gasteiger partial charge in [0.2, 0.25) is 0 Å². The maximum absolute atomic E-state index is 11.4. The Morgan fingerprint density at radius 3 is 2.94 bits per heavy atom. The Kier molecular flexibility index (Phi) is 3.01. The predicted octanol–water partition coefficient (Wildman–Crippen LogP) is 1.31. The largest absolute Gasteiger partial charge is 0.394 e. The zero-order valence-corrected chi connectivity index (χ0v) is 9.67. The monoisotopic (exact) mass is 239 g/mol. The fourth-order valence-corrected chi connectivity index (χ4v) is 2.02. The van der Waals surface area contributed by atoms with Crippen molar-refractivity contribution < 1.29 is 18.7 Å². The Labute approximate surface area is 92.8 Å². The van der Waals surface area contributed by atoms with E-state index in [1.807, 2.05) is 30.3 Å². The zero-order chi connectivity index (χ0) is 11.6. The third-order valence-electron chi connectivity index (χ3n) is 2.21. The molecule has 0 aliphatic carbocycles. The maximum Gasteiger partial charge on any atom is 0.394 e. The van der Waals surface area contributed by atoms with Crippen molar-refractivity contribution in [1.82, 2.24) is 5.10 Å². The summed E-state index contributed by atoms with van der Waals surface area (Å²) < 4.78 is 17.3. The van der Waals surface area contributed by atoms with E-state index < -0.39 is 7.60 Å². The minimum Gasteiger partial charge on any atom is -0.320 e. The van der Waals surface area contributed by atoms with E-state index >= 15 is 0 Å². The van der Waals surface area contributed by atoms with E-state index in [9.17, 15) is 9.46 Å². The Bertz CT molecular complexity index is 559. The Morgan fingerprint density at radius 2 is 2.19 bits per heavy atom. The average Bonchev–Trinajstić information content (AvgIpc) is 2.28. The molecule has 1 atom stereocenters. The summed E-state index contributed by atoms with van der Waals surface area (Å²) in [6.07, 6.45) is 1.51. The van der Waals surface area contributed by atoms with E-state index in [-0.39, 0.29) is 6.29 Å². The van der Waals surface area contributed by atoms with Crippen LogP contribution in [-0.2, 0) is 15.4 Å². The molecule has 0 amide bonds. The van der Waals surface area contributed by atoms with Crippen molar-refractivity contribution >= 4 is 18.5 Å².